The van der Waals surface area contributed by atoms with Gasteiger partial charge in [-0.15, -0.1) is 0 Å². The highest BCUT2D eigenvalue weighted by Gasteiger charge is 2.15. The smallest absolute Gasteiger partial charge is 0.123 e. The monoisotopic (exact) mass is 239 g/mol. The van der Waals surface area contributed by atoms with E-state index in [4.69, 9.17) is 5.73 Å². The van der Waals surface area contributed by atoms with E-state index in [0.29, 0.717) is 0 Å². The van der Waals surface area contributed by atoms with Crippen molar-refractivity contribution in [3.05, 3.63) is 65.0 Å². The molecule has 0 saturated carbocycles. The minimum Gasteiger partial charge on any atom is -0.399 e. The van der Waals surface area contributed by atoms with Crippen LogP contribution in [-0.2, 0) is 6.42 Å². The highest BCUT2D eigenvalue weighted by atomic mass is 19.1. The maximum absolute atomic E-state index is 13.1. The van der Waals surface area contributed by atoms with Gasteiger partial charge < -0.3 is 5.73 Å². The number of benzene rings is 2. The molecule has 2 aromatic carbocycles. The summed E-state index contributed by atoms with van der Waals surface area (Å²) in [6.45, 7) is 0. The van der Waals surface area contributed by atoms with E-state index in [1.54, 1.807) is 12.1 Å². The predicted molar refractivity (Wildman–Crippen MR) is 73.4 cm³/mol. The molecule has 2 heteroatoms. The van der Waals surface area contributed by atoms with Gasteiger partial charge in [0, 0.05) is 5.69 Å². The predicted octanol–water partition coefficient (Wildman–Crippen LogP) is 3.89. The zero-order valence-electron chi connectivity index (χ0n) is 9.99. The number of allylic oxidation sites excluding steroid dienone is 1. The van der Waals surface area contributed by atoms with E-state index >= 15 is 0 Å². The Balaban J connectivity index is 2.01. The summed E-state index contributed by atoms with van der Waals surface area (Å²) in [5.74, 6) is -0.195. The molecule has 0 atom stereocenters. The van der Waals surface area contributed by atoms with Crippen molar-refractivity contribution in [3.8, 4) is 0 Å². The zero-order chi connectivity index (χ0) is 12.5. The van der Waals surface area contributed by atoms with Crippen LogP contribution in [0.4, 0.5) is 10.1 Å². The van der Waals surface area contributed by atoms with Gasteiger partial charge >= 0.3 is 0 Å². The number of hydrogen-bond acceptors (Lipinski definition) is 1. The van der Waals surface area contributed by atoms with Gasteiger partial charge in [-0.3, -0.25) is 0 Å². The molecule has 0 unspecified atom stereocenters. The van der Waals surface area contributed by atoms with Gasteiger partial charge in [0.05, 0.1) is 0 Å². The Hall–Kier alpha value is -2.09. The van der Waals surface area contributed by atoms with Gasteiger partial charge in [-0.05, 0) is 59.4 Å². The summed E-state index contributed by atoms with van der Waals surface area (Å²) < 4.78 is 13.1. The SMILES string of the molecule is Nc1ccc2c(c1)CCC2=Cc1cccc(F)c1. The van der Waals surface area contributed by atoms with Gasteiger partial charge in [0.1, 0.15) is 5.82 Å². The van der Waals surface area contributed by atoms with Gasteiger partial charge in [0.25, 0.3) is 0 Å². The molecule has 1 aliphatic carbocycles. The molecule has 0 radical (unpaired) electrons. The number of halogens is 1. The normalized spacial score (nSPS) is 15.9. The molecule has 2 N–H and O–H groups in total. The number of nitrogen functional groups attached to an aromatic ring is 1. The van der Waals surface area contributed by atoms with Crippen molar-refractivity contribution in [2.24, 2.45) is 0 Å². The molecule has 0 amide bonds. The second kappa shape index (κ2) is 4.30. The molecule has 0 fully saturated rings. The molecule has 1 nitrogen and oxygen atoms in total. The first-order valence-electron chi connectivity index (χ1n) is 6.07. The van der Waals surface area contributed by atoms with Crippen LogP contribution in [0.3, 0.4) is 0 Å². The van der Waals surface area contributed by atoms with Gasteiger partial charge in [-0.25, -0.2) is 4.39 Å². The van der Waals surface area contributed by atoms with Crippen LogP contribution in [0.2, 0.25) is 0 Å². The van der Waals surface area contributed by atoms with Crippen molar-refractivity contribution < 1.29 is 4.39 Å². The van der Waals surface area contributed by atoms with Crippen molar-refractivity contribution in [1.29, 1.82) is 0 Å². The molecule has 0 aliphatic heterocycles. The summed E-state index contributed by atoms with van der Waals surface area (Å²) in [5.41, 5.74) is 11.3. The van der Waals surface area contributed by atoms with Crippen molar-refractivity contribution in [1.82, 2.24) is 0 Å². The Morgan fingerprint density at radius 3 is 2.78 bits per heavy atom. The van der Waals surface area contributed by atoms with Crippen molar-refractivity contribution in [3.63, 3.8) is 0 Å². The van der Waals surface area contributed by atoms with E-state index in [0.717, 1.165) is 24.1 Å². The third kappa shape index (κ3) is 2.02. The lowest BCUT2D eigenvalue weighted by molar-refractivity contribution is 0.627. The molecule has 0 bridgehead atoms. The van der Waals surface area contributed by atoms with Crippen LogP contribution >= 0.6 is 0 Å². The topological polar surface area (TPSA) is 26.0 Å². The lowest BCUT2D eigenvalue weighted by Crippen LogP contribution is -1.87. The van der Waals surface area contributed by atoms with Crippen molar-refractivity contribution in [2.75, 3.05) is 5.73 Å². The molecule has 0 aromatic heterocycles. The summed E-state index contributed by atoms with van der Waals surface area (Å²) >= 11 is 0. The summed E-state index contributed by atoms with van der Waals surface area (Å²) in [4.78, 5) is 0. The Morgan fingerprint density at radius 2 is 1.94 bits per heavy atom. The first kappa shape index (κ1) is 11.0. The second-order valence-electron chi connectivity index (χ2n) is 4.64. The molecule has 0 saturated heterocycles. The van der Waals surface area contributed by atoms with E-state index in [1.165, 1.54) is 22.8 Å². The van der Waals surface area contributed by atoms with Gasteiger partial charge in [0.2, 0.25) is 0 Å². The fourth-order valence-corrected chi connectivity index (χ4v) is 2.49. The van der Waals surface area contributed by atoms with Crippen LogP contribution in [0.25, 0.3) is 11.6 Å². The third-order valence-corrected chi connectivity index (χ3v) is 3.33. The standard InChI is InChI=1S/C16H14FN/c17-14-3-1-2-11(9-14)8-12-4-5-13-10-15(18)6-7-16(12)13/h1-3,6-10H,4-5,18H2. The van der Waals surface area contributed by atoms with E-state index in [-0.39, 0.29) is 5.82 Å². The molecule has 3 rings (SSSR count). The Kier molecular flexibility index (Phi) is 2.63. The molecular weight excluding hydrogens is 225 g/mol. The average molecular weight is 239 g/mol. The maximum Gasteiger partial charge on any atom is 0.123 e. The highest BCUT2D eigenvalue weighted by Crippen LogP contribution is 2.34. The first-order chi connectivity index (χ1) is 8.72. The lowest BCUT2D eigenvalue weighted by atomic mass is 10.0. The molecule has 0 heterocycles. The summed E-state index contributed by atoms with van der Waals surface area (Å²) in [6.07, 6.45) is 4.07. The molecule has 18 heavy (non-hydrogen) atoms. The van der Waals surface area contributed by atoms with Gasteiger partial charge in [0.15, 0.2) is 0 Å². The first-order valence-corrected chi connectivity index (χ1v) is 6.07. The minimum atomic E-state index is -0.195. The second-order valence-corrected chi connectivity index (χ2v) is 4.64. The van der Waals surface area contributed by atoms with Crippen LogP contribution in [-0.4, -0.2) is 0 Å². The summed E-state index contributed by atoms with van der Waals surface area (Å²) in [7, 11) is 0. The Bertz CT molecular complexity index is 629. The van der Waals surface area contributed by atoms with Crippen molar-refractivity contribution >= 4 is 17.3 Å². The molecule has 90 valence electrons. The van der Waals surface area contributed by atoms with Gasteiger partial charge in [-0.1, -0.05) is 24.3 Å². The van der Waals surface area contributed by atoms with Crippen LogP contribution in [0.5, 0.6) is 0 Å². The number of aryl methyl sites for hydroxylation is 1. The van der Waals surface area contributed by atoms with Gasteiger partial charge in [-0.2, -0.15) is 0 Å². The summed E-state index contributed by atoms with van der Waals surface area (Å²) in [5, 5.41) is 0. The number of nitrogens with two attached hydrogens (primary N) is 1. The maximum atomic E-state index is 13.1. The summed E-state index contributed by atoms with van der Waals surface area (Å²) in [6, 6.07) is 12.7. The van der Waals surface area contributed by atoms with E-state index in [9.17, 15) is 4.39 Å². The number of hydrogen-bond donors (Lipinski definition) is 1. The van der Waals surface area contributed by atoms with E-state index in [1.807, 2.05) is 18.2 Å². The van der Waals surface area contributed by atoms with Crippen LogP contribution in [0.15, 0.2) is 42.5 Å². The van der Waals surface area contributed by atoms with Crippen LogP contribution < -0.4 is 5.73 Å². The third-order valence-electron chi connectivity index (χ3n) is 3.33. The Labute approximate surface area is 106 Å². The van der Waals surface area contributed by atoms with Crippen LogP contribution in [0.1, 0.15) is 23.1 Å². The largest absolute Gasteiger partial charge is 0.399 e. The fourth-order valence-electron chi connectivity index (χ4n) is 2.49. The molecular formula is C16H14FN. The van der Waals surface area contributed by atoms with Crippen molar-refractivity contribution in [2.45, 2.75) is 12.8 Å². The quantitative estimate of drug-likeness (QED) is 0.750. The number of anilines is 1. The number of rotatable bonds is 1. The zero-order valence-corrected chi connectivity index (χ0v) is 9.99. The average Bonchev–Trinajstić information content (AvgIpc) is 2.72. The van der Waals surface area contributed by atoms with E-state index in [2.05, 4.69) is 12.1 Å². The lowest BCUT2D eigenvalue weighted by Gasteiger charge is -2.02. The molecule has 2 aromatic rings. The van der Waals surface area contributed by atoms with E-state index < -0.39 is 0 Å². The van der Waals surface area contributed by atoms with Crippen LogP contribution in [0, 0.1) is 5.82 Å². The minimum absolute atomic E-state index is 0.195. The fraction of sp³-hybridized carbons (Fsp3) is 0.125. The molecule has 1 aliphatic rings. The molecule has 0 spiro atoms. The highest BCUT2D eigenvalue weighted by molar-refractivity contribution is 5.85. The number of fused-ring (bicyclic) bond motifs is 1. The Morgan fingerprint density at radius 1 is 1.06 bits per heavy atom.